The van der Waals surface area contributed by atoms with Gasteiger partial charge in [-0.25, -0.2) is 15.0 Å². The number of nitrogens with zero attached hydrogens (tertiary/aromatic N) is 5. The van der Waals surface area contributed by atoms with Crippen molar-refractivity contribution in [3.8, 4) is 16.8 Å². The van der Waals surface area contributed by atoms with Crippen molar-refractivity contribution in [1.29, 1.82) is 0 Å². The van der Waals surface area contributed by atoms with Gasteiger partial charge < -0.3 is 4.98 Å². The zero-order valence-electron chi connectivity index (χ0n) is 16.0. The van der Waals surface area contributed by atoms with Gasteiger partial charge >= 0.3 is 0 Å². The molecule has 30 heavy (non-hydrogen) atoms. The van der Waals surface area contributed by atoms with E-state index in [-0.39, 0.29) is 0 Å². The van der Waals surface area contributed by atoms with Gasteiger partial charge in [-0.2, -0.15) is 4.39 Å². The Bertz CT molecular complexity index is 1560. The van der Waals surface area contributed by atoms with Gasteiger partial charge in [-0.1, -0.05) is 6.07 Å². The molecule has 0 bridgehead atoms. The SMILES string of the molecule is Cc1nc2cnc3ccc(-c4cnc5[nH]ccc5c4)cc3c2n1-c1ccc(F)nc1. The molecule has 6 nitrogen and oxygen atoms in total. The van der Waals surface area contributed by atoms with Gasteiger partial charge in [0.1, 0.15) is 17.0 Å². The smallest absolute Gasteiger partial charge is 0.212 e. The van der Waals surface area contributed by atoms with E-state index < -0.39 is 5.95 Å². The van der Waals surface area contributed by atoms with Crippen molar-refractivity contribution >= 4 is 33.0 Å². The molecule has 1 aromatic carbocycles. The Kier molecular flexibility index (Phi) is 3.46. The topological polar surface area (TPSA) is 72.3 Å². The Morgan fingerprint density at radius 1 is 0.867 bits per heavy atom. The number of aromatic nitrogens is 6. The number of aromatic amines is 1. The van der Waals surface area contributed by atoms with Gasteiger partial charge in [-0.3, -0.25) is 9.55 Å². The average molecular weight is 394 g/mol. The van der Waals surface area contributed by atoms with Crippen molar-refractivity contribution in [1.82, 2.24) is 29.5 Å². The molecule has 0 atom stereocenters. The van der Waals surface area contributed by atoms with Crippen LogP contribution in [0.2, 0.25) is 0 Å². The van der Waals surface area contributed by atoms with Crippen molar-refractivity contribution < 1.29 is 4.39 Å². The Balaban J connectivity index is 1.63. The molecule has 5 aromatic heterocycles. The molecule has 7 heteroatoms. The Hall–Kier alpha value is -4.13. The number of hydrogen-bond donors (Lipinski definition) is 1. The molecule has 6 rings (SSSR count). The molecular formula is C23H15FN6. The Morgan fingerprint density at radius 2 is 1.80 bits per heavy atom. The first-order valence-corrected chi connectivity index (χ1v) is 9.51. The molecule has 0 fully saturated rings. The van der Waals surface area contributed by atoms with E-state index in [4.69, 9.17) is 0 Å². The van der Waals surface area contributed by atoms with Gasteiger partial charge in [0.25, 0.3) is 0 Å². The molecule has 0 amide bonds. The number of pyridine rings is 3. The van der Waals surface area contributed by atoms with Crippen LogP contribution in [-0.4, -0.2) is 29.5 Å². The Labute approximate surface area is 170 Å². The molecule has 1 N–H and O–H groups in total. The summed E-state index contributed by atoms with van der Waals surface area (Å²) in [7, 11) is 0. The lowest BCUT2D eigenvalue weighted by Gasteiger charge is -2.09. The van der Waals surface area contributed by atoms with Crippen LogP contribution in [0.1, 0.15) is 5.82 Å². The molecule has 0 saturated heterocycles. The zero-order valence-corrected chi connectivity index (χ0v) is 16.0. The third-order valence-electron chi connectivity index (χ3n) is 5.35. The van der Waals surface area contributed by atoms with Crippen LogP contribution in [0.3, 0.4) is 0 Å². The lowest BCUT2D eigenvalue weighted by atomic mass is 10.0. The van der Waals surface area contributed by atoms with Crippen LogP contribution < -0.4 is 0 Å². The lowest BCUT2D eigenvalue weighted by Crippen LogP contribution is -1.99. The molecule has 0 unspecified atom stereocenters. The first-order valence-electron chi connectivity index (χ1n) is 9.51. The molecule has 0 saturated carbocycles. The van der Waals surface area contributed by atoms with Crippen LogP contribution in [0.25, 0.3) is 49.8 Å². The van der Waals surface area contributed by atoms with Crippen molar-refractivity contribution in [2.45, 2.75) is 6.92 Å². The van der Waals surface area contributed by atoms with Crippen LogP contribution in [0.4, 0.5) is 4.39 Å². The molecule has 0 spiro atoms. The number of benzene rings is 1. The largest absolute Gasteiger partial charge is 0.346 e. The highest BCUT2D eigenvalue weighted by Crippen LogP contribution is 2.31. The monoisotopic (exact) mass is 394 g/mol. The first kappa shape index (κ1) is 16.8. The number of nitrogens with one attached hydrogen (secondary N) is 1. The summed E-state index contributed by atoms with van der Waals surface area (Å²) in [5.74, 6) is 0.274. The van der Waals surface area contributed by atoms with Gasteiger partial charge in [-0.05, 0) is 48.9 Å². The second-order valence-corrected chi connectivity index (χ2v) is 7.20. The summed E-state index contributed by atoms with van der Waals surface area (Å²) in [4.78, 5) is 20.7. The summed E-state index contributed by atoms with van der Waals surface area (Å²) in [6.45, 7) is 1.92. The fourth-order valence-electron chi connectivity index (χ4n) is 3.96. The fourth-order valence-corrected chi connectivity index (χ4v) is 3.96. The van der Waals surface area contributed by atoms with Gasteiger partial charge in [0, 0.05) is 28.7 Å². The maximum absolute atomic E-state index is 13.4. The lowest BCUT2D eigenvalue weighted by molar-refractivity contribution is 0.583. The van der Waals surface area contributed by atoms with E-state index in [0.29, 0.717) is 0 Å². The van der Waals surface area contributed by atoms with Crippen LogP contribution in [-0.2, 0) is 0 Å². The van der Waals surface area contributed by atoms with Crippen LogP contribution in [0, 0.1) is 12.9 Å². The third-order valence-corrected chi connectivity index (χ3v) is 5.35. The van der Waals surface area contributed by atoms with E-state index >= 15 is 0 Å². The highest BCUT2D eigenvalue weighted by molar-refractivity contribution is 6.04. The minimum atomic E-state index is -0.512. The fraction of sp³-hybridized carbons (Fsp3) is 0.0435. The quantitative estimate of drug-likeness (QED) is 0.421. The molecule has 0 aliphatic heterocycles. The number of halogens is 1. The third kappa shape index (κ3) is 2.49. The number of rotatable bonds is 2. The maximum atomic E-state index is 13.4. The van der Waals surface area contributed by atoms with E-state index in [1.807, 2.05) is 42.1 Å². The summed E-state index contributed by atoms with van der Waals surface area (Å²) >= 11 is 0. The van der Waals surface area contributed by atoms with E-state index in [0.717, 1.165) is 55.6 Å². The number of H-pyrrole nitrogens is 1. The molecule has 0 radical (unpaired) electrons. The summed E-state index contributed by atoms with van der Waals surface area (Å²) < 4.78 is 15.4. The van der Waals surface area contributed by atoms with E-state index in [9.17, 15) is 4.39 Å². The molecule has 5 heterocycles. The Morgan fingerprint density at radius 3 is 2.67 bits per heavy atom. The predicted octanol–water partition coefficient (Wildman–Crippen LogP) is 4.96. The average Bonchev–Trinajstić information content (AvgIpc) is 3.37. The minimum absolute atomic E-state index is 0.512. The van der Waals surface area contributed by atoms with Crippen molar-refractivity contribution in [2.24, 2.45) is 0 Å². The van der Waals surface area contributed by atoms with Crippen LogP contribution in [0.15, 0.2) is 67.3 Å². The van der Waals surface area contributed by atoms with E-state index in [1.54, 1.807) is 12.3 Å². The van der Waals surface area contributed by atoms with Crippen molar-refractivity contribution in [3.63, 3.8) is 0 Å². The minimum Gasteiger partial charge on any atom is -0.346 e. The summed E-state index contributed by atoms with van der Waals surface area (Å²) in [6, 6.07) is 13.3. The van der Waals surface area contributed by atoms with E-state index in [1.165, 1.54) is 12.3 Å². The number of hydrogen-bond acceptors (Lipinski definition) is 4. The summed E-state index contributed by atoms with van der Waals surface area (Å²) in [5.41, 5.74) is 6.23. The van der Waals surface area contributed by atoms with Gasteiger partial charge in [0.2, 0.25) is 5.95 Å². The summed E-state index contributed by atoms with van der Waals surface area (Å²) in [5, 5.41) is 2.02. The van der Waals surface area contributed by atoms with Gasteiger partial charge in [-0.15, -0.1) is 0 Å². The van der Waals surface area contributed by atoms with Crippen molar-refractivity contribution in [3.05, 3.63) is 79.0 Å². The zero-order chi connectivity index (χ0) is 20.2. The highest BCUT2D eigenvalue weighted by Gasteiger charge is 2.15. The van der Waals surface area contributed by atoms with E-state index in [2.05, 4.69) is 37.1 Å². The van der Waals surface area contributed by atoms with Gasteiger partial charge in [0.15, 0.2) is 0 Å². The number of aryl methyl sites for hydroxylation is 1. The molecule has 0 aliphatic carbocycles. The highest BCUT2D eigenvalue weighted by atomic mass is 19.1. The second kappa shape index (κ2) is 6.18. The number of fused-ring (bicyclic) bond motifs is 4. The van der Waals surface area contributed by atoms with Gasteiger partial charge in [0.05, 0.1) is 29.1 Å². The number of imidazole rings is 1. The molecular weight excluding hydrogens is 379 g/mol. The van der Waals surface area contributed by atoms with Crippen molar-refractivity contribution in [2.75, 3.05) is 0 Å². The normalized spacial score (nSPS) is 11.7. The standard InChI is InChI=1S/C23H15FN6/c1-13-29-20-12-26-19-4-2-14(16-8-15-6-7-25-23(15)28-10-16)9-18(19)22(20)30(13)17-3-5-21(24)27-11-17/h2-12H,1H3,(H,25,28). The van der Waals surface area contributed by atoms with Crippen LogP contribution in [0.5, 0.6) is 0 Å². The predicted molar refractivity (Wildman–Crippen MR) is 114 cm³/mol. The molecule has 144 valence electrons. The molecule has 0 aliphatic rings. The molecule has 6 aromatic rings. The van der Waals surface area contributed by atoms with Crippen LogP contribution >= 0.6 is 0 Å². The first-order chi connectivity index (χ1) is 14.7. The second-order valence-electron chi connectivity index (χ2n) is 7.20. The maximum Gasteiger partial charge on any atom is 0.212 e. The summed E-state index contributed by atoms with van der Waals surface area (Å²) in [6.07, 6.45) is 7.03.